The summed E-state index contributed by atoms with van der Waals surface area (Å²) in [7, 11) is 1.64. The molecule has 98 valence electrons. The van der Waals surface area contributed by atoms with Crippen LogP contribution < -0.4 is 10.5 Å². The summed E-state index contributed by atoms with van der Waals surface area (Å²) >= 11 is 6.17. The Balaban J connectivity index is 1.76. The summed E-state index contributed by atoms with van der Waals surface area (Å²) in [5, 5.41) is 0.661. The maximum Gasteiger partial charge on any atom is 0.137 e. The summed E-state index contributed by atoms with van der Waals surface area (Å²) in [5.74, 6) is 3.14. The SMILES string of the molecule is COc1ccc(C(N)C2C3CCCCC32)cc1Cl. The lowest BCUT2D eigenvalue weighted by atomic mass is 10.0. The van der Waals surface area contributed by atoms with Crippen molar-refractivity contribution in [1.82, 2.24) is 0 Å². The van der Waals surface area contributed by atoms with Crippen LogP contribution >= 0.6 is 11.6 Å². The van der Waals surface area contributed by atoms with Crippen molar-refractivity contribution in [2.75, 3.05) is 7.11 Å². The minimum atomic E-state index is 0.140. The molecule has 0 saturated heterocycles. The molecule has 2 aliphatic rings. The van der Waals surface area contributed by atoms with Crippen molar-refractivity contribution >= 4 is 11.6 Å². The number of halogens is 1. The summed E-state index contributed by atoms with van der Waals surface area (Å²) in [5.41, 5.74) is 7.57. The Morgan fingerprint density at radius 3 is 2.50 bits per heavy atom. The van der Waals surface area contributed by atoms with Gasteiger partial charge in [0, 0.05) is 6.04 Å². The topological polar surface area (TPSA) is 35.2 Å². The van der Waals surface area contributed by atoms with Crippen LogP contribution in [0.15, 0.2) is 18.2 Å². The van der Waals surface area contributed by atoms with Crippen LogP contribution in [0.1, 0.15) is 37.3 Å². The highest BCUT2D eigenvalue weighted by Gasteiger charge is 2.53. The molecular formula is C15H20ClNO. The molecule has 3 heteroatoms. The third-order valence-electron chi connectivity index (χ3n) is 4.70. The van der Waals surface area contributed by atoms with Gasteiger partial charge in [-0.25, -0.2) is 0 Å². The van der Waals surface area contributed by atoms with E-state index in [1.54, 1.807) is 7.11 Å². The fourth-order valence-electron chi connectivity index (χ4n) is 3.69. The van der Waals surface area contributed by atoms with Gasteiger partial charge in [0.1, 0.15) is 5.75 Å². The molecule has 0 radical (unpaired) electrons. The molecular weight excluding hydrogens is 246 g/mol. The smallest absolute Gasteiger partial charge is 0.137 e. The molecule has 3 rings (SSSR count). The fraction of sp³-hybridized carbons (Fsp3) is 0.600. The van der Waals surface area contributed by atoms with E-state index in [9.17, 15) is 0 Å². The molecule has 2 nitrogen and oxygen atoms in total. The first-order chi connectivity index (χ1) is 8.72. The Hall–Kier alpha value is -0.730. The van der Waals surface area contributed by atoms with E-state index in [2.05, 4.69) is 6.07 Å². The van der Waals surface area contributed by atoms with Crippen LogP contribution in [0.25, 0.3) is 0 Å². The van der Waals surface area contributed by atoms with Crippen molar-refractivity contribution in [1.29, 1.82) is 0 Å². The van der Waals surface area contributed by atoms with Gasteiger partial charge in [-0.15, -0.1) is 0 Å². The minimum absolute atomic E-state index is 0.140. The van der Waals surface area contributed by atoms with Gasteiger partial charge in [-0.05, 0) is 48.3 Å². The lowest BCUT2D eigenvalue weighted by Crippen LogP contribution is -2.14. The predicted octanol–water partition coefficient (Wildman–Crippen LogP) is 3.78. The fourth-order valence-corrected chi connectivity index (χ4v) is 3.96. The van der Waals surface area contributed by atoms with Crippen molar-refractivity contribution < 1.29 is 4.74 Å². The zero-order valence-electron chi connectivity index (χ0n) is 10.7. The van der Waals surface area contributed by atoms with Gasteiger partial charge in [-0.3, -0.25) is 0 Å². The van der Waals surface area contributed by atoms with Crippen LogP contribution in [0, 0.1) is 17.8 Å². The third kappa shape index (κ3) is 2.02. The average Bonchev–Trinajstić information content (AvgIpc) is 3.12. The number of benzene rings is 1. The van der Waals surface area contributed by atoms with Gasteiger partial charge in [-0.2, -0.15) is 0 Å². The molecule has 0 heterocycles. The summed E-state index contributed by atoms with van der Waals surface area (Å²) in [6.45, 7) is 0. The first-order valence-corrected chi connectivity index (χ1v) is 7.19. The lowest BCUT2D eigenvalue weighted by Gasteiger charge is -2.13. The third-order valence-corrected chi connectivity index (χ3v) is 4.99. The van der Waals surface area contributed by atoms with Crippen molar-refractivity contribution in [3.63, 3.8) is 0 Å². The lowest BCUT2D eigenvalue weighted by molar-refractivity contribution is 0.414. The number of fused-ring (bicyclic) bond motifs is 1. The molecule has 2 aliphatic carbocycles. The molecule has 2 fully saturated rings. The number of nitrogens with two attached hydrogens (primary N) is 1. The van der Waals surface area contributed by atoms with E-state index in [0.717, 1.165) is 23.1 Å². The Kier molecular flexibility index (Phi) is 3.25. The van der Waals surface area contributed by atoms with E-state index in [-0.39, 0.29) is 6.04 Å². The van der Waals surface area contributed by atoms with E-state index in [4.69, 9.17) is 22.1 Å². The zero-order chi connectivity index (χ0) is 12.7. The normalized spacial score (nSPS) is 31.6. The Morgan fingerprint density at radius 2 is 1.94 bits per heavy atom. The first-order valence-electron chi connectivity index (χ1n) is 6.81. The number of hydrogen-bond acceptors (Lipinski definition) is 2. The van der Waals surface area contributed by atoms with E-state index in [0.29, 0.717) is 10.9 Å². The van der Waals surface area contributed by atoms with Crippen LogP contribution in [-0.4, -0.2) is 7.11 Å². The highest BCUT2D eigenvalue weighted by molar-refractivity contribution is 6.32. The van der Waals surface area contributed by atoms with E-state index in [1.807, 2.05) is 12.1 Å². The van der Waals surface area contributed by atoms with Gasteiger partial charge in [0.05, 0.1) is 12.1 Å². The monoisotopic (exact) mass is 265 g/mol. The van der Waals surface area contributed by atoms with Crippen molar-refractivity contribution in [2.45, 2.75) is 31.7 Å². The number of rotatable bonds is 3. The first kappa shape index (κ1) is 12.3. The van der Waals surface area contributed by atoms with Crippen molar-refractivity contribution in [2.24, 2.45) is 23.5 Å². The maximum atomic E-state index is 6.42. The molecule has 1 aromatic rings. The molecule has 3 unspecified atom stereocenters. The second-order valence-corrected chi connectivity index (χ2v) is 6.02. The molecule has 2 N–H and O–H groups in total. The number of ether oxygens (including phenoxy) is 1. The van der Waals surface area contributed by atoms with Gasteiger partial charge in [0.15, 0.2) is 0 Å². The molecule has 18 heavy (non-hydrogen) atoms. The van der Waals surface area contributed by atoms with Gasteiger partial charge < -0.3 is 10.5 Å². The molecule has 0 amide bonds. The largest absolute Gasteiger partial charge is 0.495 e. The Bertz CT molecular complexity index is 436. The minimum Gasteiger partial charge on any atom is -0.495 e. The molecule has 0 bridgehead atoms. The summed E-state index contributed by atoms with van der Waals surface area (Å²) in [6, 6.07) is 6.08. The average molecular weight is 266 g/mol. The zero-order valence-corrected chi connectivity index (χ0v) is 11.5. The predicted molar refractivity (Wildman–Crippen MR) is 73.9 cm³/mol. The molecule has 0 aromatic heterocycles. The quantitative estimate of drug-likeness (QED) is 0.903. The van der Waals surface area contributed by atoms with Gasteiger partial charge >= 0.3 is 0 Å². The molecule has 1 aromatic carbocycles. The standard InChI is InChI=1S/C15H20ClNO/c1-18-13-7-6-9(8-12(13)16)15(17)14-10-4-2-3-5-11(10)14/h6-8,10-11,14-15H,2-5,17H2,1H3. The van der Waals surface area contributed by atoms with Crippen molar-refractivity contribution in [3.05, 3.63) is 28.8 Å². The molecule has 0 aliphatic heterocycles. The van der Waals surface area contributed by atoms with E-state index < -0.39 is 0 Å². The van der Waals surface area contributed by atoms with Gasteiger partial charge in [0.25, 0.3) is 0 Å². The number of hydrogen-bond donors (Lipinski definition) is 1. The van der Waals surface area contributed by atoms with Crippen LogP contribution in [0.3, 0.4) is 0 Å². The molecule has 2 saturated carbocycles. The summed E-state index contributed by atoms with van der Waals surface area (Å²) in [6.07, 6.45) is 5.50. The molecule has 0 spiro atoms. The van der Waals surface area contributed by atoms with E-state index >= 15 is 0 Å². The summed E-state index contributed by atoms with van der Waals surface area (Å²) in [4.78, 5) is 0. The highest BCUT2D eigenvalue weighted by atomic mass is 35.5. The van der Waals surface area contributed by atoms with Crippen LogP contribution in [0.2, 0.25) is 5.02 Å². The maximum absolute atomic E-state index is 6.42. The number of methoxy groups -OCH3 is 1. The summed E-state index contributed by atoms with van der Waals surface area (Å²) < 4.78 is 5.18. The van der Waals surface area contributed by atoms with Gasteiger partial charge in [0.2, 0.25) is 0 Å². The van der Waals surface area contributed by atoms with E-state index in [1.165, 1.54) is 25.7 Å². The highest BCUT2D eigenvalue weighted by Crippen LogP contribution is 2.59. The molecule has 3 atom stereocenters. The second kappa shape index (κ2) is 4.75. The Morgan fingerprint density at radius 1 is 1.28 bits per heavy atom. The second-order valence-electron chi connectivity index (χ2n) is 5.61. The van der Waals surface area contributed by atoms with Crippen LogP contribution in [0.4, 0.5) is 0 Å². The van der Waals surface area contributed by atoms with Crippen LogP contribution in [-0.2, 0) is 0 Å². The van der Waals surface area contributed by atoms with Crippen molar-refractivity contribution in [3.8, 4) is 5.75 Å². The van der Waals surface area contributed by atoms with Gasteiger partial charge in [-0.1, -0.05) is 30.5 Å². The Labute approximate surface area is 113 Å². The van der Waals surface area contributed by atoms with Crippen LogP contribution in [0.5, 0.6) is 5.75 Å².